The lowest BCUT2D eigenvalue weighted by molar-refractivity contribution is 0.860. The predicted octanol–water partition coefficient (Wildman–Crippen LogP) is 4.20. The largest absolute Gasteiger partial charge is 0.179 e. The van der Waals surface area contributed by atoms with Crippen LogP contribution in [0.4, 0.5) is 0 Å². The zero-order chi connectivity index (χ0) is 9.78. The Morgan fingerprint density at radius 3 is 1.75 bits per heavy atom. The molecule has 0 radical (unpaired) electrons. The molecule has 0 aliphatic rings. The van der Waals surface area contributed by atoms with Gasteiger partial charge in [-0.2, -0.15) is 12.6 Å². The Balaban J connectivity index is 4.19. The van der Waals surface area contributed by atoms with Crippen LogP contribution in [0.3, 0.4) is 0 Å². The topological polar surface area (TPSA) is 0 Å². The van der Waals surface area contributed by atoms with Crippen LogP contribution >= 0.6 is 12.6 Å². The van der Waals surface area contributed by atoms with Crippen molar-refractivity contribution in [1.29, 1.82) is 0 Å². The van der Waals surface area contributed by atoms with Crippen LogP contribution in [-0.2, 0) is 0 Å². The molecule has 0 fully saturated rings. The normalized spacial score (nSPS) is 13.0. The Labute approximate surface area is 84.6 Å². The molecular weight excluding hydrogens is 180 g/mol. The maximum Gasteiger partial charge on any atom is 0.0556 e. The zero-order valence-electron chi connectivity index (χ0n) is 9.22. The Kier molecular flexibility index (Phi) is 5.58. The highest BCUT2D eigenvalue weighted by atomic mass is 32.1. The highest BCUT2D eigenvalue weighted by Crippen LogP contribution is 2.36. The van der Waals surface area contributed by atoms with Crippen LogP contribution < -0.4 is 0 Å². The van der Waals surface area contributed by atoms with E-state index in [-0.39, 0.29) is 0 Å². The molecule has 0 saturated carbocycles. The number of rotatable bonds is 5. The first-order chi connectivity index (χ1) is 5.45. The van der Waals surface area contributed by atoms with Crippen LogP contribution in [0.1, 0.15) is 34.1 Å². The van der Waals surface area contributed by atoms with E-state index in [1.807, 2.05) is 0 Å². The van der Waals surface area contributed by atoms with Crippen LogP contribution in [0.5, 0.6) is 0 Å². The molecule has 0 unspecified atom stereocenters. The second-order valence-electron chi connectivity index (χ2n) is 4.64. The van der Waals surface area contributed by atoms with Crippen molar-refractivity contribution in [2.75, 3.05) is 5.75 Å². The highest BCUT2D eigenvalue weighted by Gasteiger charge is 2.33. The fourth-order valence-corrected chi connectivity index (χ4v) is 5.59. The highest BCUT2D eigenvalue weighted by molar-refractivity contribution is 7.80. The van der Waals surface area contributed by atoms with Gasteiger partial charge in [-0.25, -0.2) is 0 Å². The lowest BCUT2D eigenvalue weighted by Crippen LogP contribution is -2.37. The van der Waals surface area contributed by atoms with Crippen LogP contribution in [-0.4, -0.2) is 13.8 Å². The van der Waals surface area contributed by atoms with Gasteiger partial charge >= 0.3 is 0 Å². The molecule has 0 spiro atoms. The maximum absolute atomic E-state index is 4.29. The SMILES string of the molecule is CC(C)[Si](C)(CCCS)C(C)C. The summed E-state index contributed by atoms with van der Waals surface area (Å²) in [6.07, 6.45) is 1.31. The molecule has 12 heavy (non-hydrogen) atoms. The van der Waals surface area contributed by atoms with Crippen molar-refractivity contribution in [2.24, 2.45) is 0 Å². The fraction of sp³-hybridized carbons (Fsp3) is 1.00. The van der Waals surface area contributed by atoms with E-state index in [2.05, 4.69) is 46.9 Å². The summed E-state index contributed by atoms with van der Waals surface area (Å²) in [4.78, 5) is 0. The summed E-state index contributed by atoms with van der Waals surface area (Å²) < 4.78 is 0. The summed E-state index contributed by atoms with van der Waals surface area (Å²) >= 11 is 4.29. The molecule has 74 valence electrons. The number of hydrogen-bond donors (Lipinski definition) is 1. The molecule has 0 aromatic heterocycles. The number of hydrogen-bond acceptors (Lipinski definition) is 1. The Morgan fingerprint density at radius 2 is 1.50 bits per heavy atom. The van der Waals surface area contributed by atoms with Crippen LogP contribution in [0.15, 0.2) is 0 Å². The first-order valence-electron chi connectivity index (χ1n) is 5.06. The van der Waals surface area contributed by atoms with Gasteiger partial charge in [-0.1, -0.05) is 51.4 Å². The lowest BCUT2D eigenvalue weighted by atomic mass is 10.5. The first kappa shape index (κ1) is 12.6. The molecule has 0 amide bonds. The molecule has 0 aliphatic carbocycles. The third-order valence-corrected chi connectivity index (χ3v) is 10.5. The molecule has 0 atom stereocenters. The lowest BCUT2D eigenvalue weighted by Gasteiger charge is -2.35. The molecule has 0 nitrogen and oxygen atoms in total. The smallest absolute Gasteiger partial charge is 0.0556 e. The number of thiol groups is 1. The van der Waals surface area contributed by atoms with Crippen LogP contribution in [0.25, 0.3) is 0 Å². The Morgan fingerprint density at radius 1 is 1.08 bits per heavy atom. The van der Waals surface area contributed by atoms with Gasteiger partial charge in [0, 0.05) is 0 Å². The van der Waals surface area contributed by atoms with Crippen LogP contribution in [0, 0.1) is 0 Å². The van der Waals surface area contributed by atoms with Crippen molar-refractivity contribution in [3.63, 3.8) is 0 Å². The van der Waals surface area contributed by atoms with Gasteiger partial charge in [0.1, 0.15) is 0 Å². The second kappa shape index (κ2) is 5.33. The molecule has 0 N–H and O–H groups in total. The molecule has 0 aromatic rings. The average Bonchev–Trinajstić information content (AvgIpc) is 1.99. The molecule has 0 rings (SSSR count). The van der Waals surface area contributed by atoms with E-state index in [4.69, 9.17) is 0 Å². The molecule has 0 saturated heterocycles. The summed E-state index contributed by atoms with van der Waals surface area (Å²) in [5.41, 5.74) is 1.83. The Bertz CT molecular complexity index is 113. The van der Waals surface area contributed by atoms with Gasteiger partial charge < -0.3 is 0 Å². The van der Waals surface area contributed by atoms with Crippen molar-refractivity contribution in [2.45, 2.75) is 57.8 Å². The Hall–Kier alpha value is 0.567. The van der Waals surface area contributed by atoms with E-state index in [0.717, 1.165) is 16.8 Å². The van der Waals surface area contributed by atoms with Crippen LogP contribution in [0.2, 0.25) is 23.7 Å². The molecule has 0 bridgehead atoms. The minimum atomic E-state index is -0.974. The minimum absolute atomic E-state index is 0.914. The van der Waals surface area contributed by atoms with E-state index in [0.29, 0.717) is 0 Å². The molecule has 0 heterocycles. The maximum atomic E-state index is 4.29. The van der Waals surface area contributed by atoms with Crippen molar-refractivity contribution in [3.05, 3.63) is 0 Å². The van der Waals surface area contributed by atoms with Gasteiger partial charge in [0.15, 0.2) is 0 Å². The summed E-state index contributed by atoms with van der Waals surface area (Å²) in [5.74, 6) is 1.06. The third-order valence-electron chi connectivity index (χ3n) is 3.51. The van der Waals surface area contributed by atoms with Crippen molar-refractivity contribution in [3.8, 4) is 0 Å². The molecular formula is C10H24SSi. The van der Waals surface area contributed by atoms with Gasteiger partial charge in [-0.15, -0.1) is 0 Å². The van der Waals surface area contributed by atoms with E-state index in [1.54, 1.807) is 0 Å². The van der Waals surface area contributed by atoms with Crippen molar-refractivity contribution >= 4 is 20.7 Å². The second-order valence-corrected chi connectivity index (χ2v) is 10.9. The van der Waals surface area contributed by atoms with Gasteiger partial charge in [0.05, 0.1) is 8.07 Å². The van der Waals surface area contributed by atoms with Gasteiger partial charge in [-0.3, -0.25) is 0 Å². The van der Waals surface area contributed by atoms with Gasteiger partial charge in [0.2, 0.25) is 0 Å². The third kappa shape index (κ3) is 3.13. The van der Waals surface area contributed by atoms with Gasteiger partial charge in [-0.05, 0) is 12.2 Å². The van der Waals surface area contributed by atoms with E-state index >= 15 is 0 Å². The molecule has 0 aliphatic heterocycles. The predicted molar refractivity (Wildman–Crippen MR) is 65.1 cm³/mol. The van der Waals surface area contributed by atoms with Crippen molar-refractivity contribution < 1.29 is 0 Å². The standard InChI is InChI=1S/C10H24SSi/c1-9(2)12(5,10(3)4)8-6-7-11/h9-11H,6-8H2,1-5H3. The average molecular weight is 204 g/mol. The summed E-state index contributed by atoms with van der Waals surface area (Å²) in [6.45, 7) is 12.1. The zero-order valence-corrected chi connectivity index (χ0v) is 11.1. The van der Waals surface area contributed by atoms with Gasteiger partial charge in [0.25, 0.3) is 0 Å². The van der Waals surface area contributed by atoms with E-state index in [1.165, 1.54) is 12.5 Å². The van der Waals surface area contributed by atoms with E-state index < -0.39 is 8.07 Å². The summed E-state index contributed by atoms with van der Waals surface area (Å²) in [6, 6.07) is 1.45. The summed E-state index contributed by atoms with van der Waals surface area (Å²) in [5, 5.41) is 0. The van der Waals surface area contributed by atoms with Crippen molar-refractivity contribution in [1.82, 2.24) is 0 Å². The minimum Gasteiger partial charge on any atom is -0.179 e. The van der Waals surface area contributed by atoms with E-state index in [9.17, 15) is 0 Å². The summed E-state index contributed by atoms with van der Waals surface area (Å²) in [7, 11) is -0.974. The first-order valence-corrected chi connectivity index (χ1v) is 8.55. The molecule has 0 aromatic carbocycles. The molecule has 2 heteroatoms. The monoisotopic (exact) mass is 204 g/mol. The quantitative estimate of drug-likeness (QED) is 0.503. The fourth-order valence-electron chi connectivity index (χ4n) is 1.70.